The molecule has 1 amide bonds. The van der Waals surface area contributed by atoms with Crippen LogP contribution in [0.5, 0.6) is 6.01 Å². The first-order valence-corrected chi connectivity index (χ1v) is 7.91. The molecular weight excluding hydrogens is 292 g/mol. The number of aromatic nitrogens is 3. The lowest BCUT2D eigenvalue weighted by Crippen LogP contribution is -2.40. The second-order valence-corrected chi connectivity index (χ2v) is 5.73. The first kappa shape index (κ1) is 15.4. The van der Waals surface area contributed by atoms with Gasteiger partial charge in [-0.15, -0.1) is 0 Å². The maximum Gasteiger partial charge on any atom is 0.316 e. The van der Waals surface area contributed by atoms with Crippen LogP contribution >= 0.6 is 0 Å². The minimum atomic E-state index is 0.0498. The molecule has 23 heavy (non-hydrogen) atoms. The maximum absolute atomic E-state index is 12.1. The summed E-state index contributed by atoms with van der Waals surface area (Å²) in [5, 5.41) is 3.10. The van der Waals surface area contributed by atoms with Gasteiger partial charge in [0.1, 0.15) is 6.10 Å². The van der Waals surface area contributed by atoms with Gasteiger partial charge in [0.2, 0.25) is 5.91 Å². The Bertz CT molecular complexity index is 613. The van der Waals surface area contributed by atoms with Gasteiger partial charge >= 0.3 is 6.01 Å². The van der Waals surface area contributed by atoms with E-state index in [4.69, 9.17) is 4.74 Å². The number of carbonyl (C=O) groups is 1. The van der Waals surface area contributed by atoms with E-state index in [1.165, 1.54) is 0 Å². The monoisotopic (exact) mass is 312 g/mol. The summed E-state index contributed by atoms with van der Waals surface area (Å²) >= 11 is 0. The first-order valence-electron chi connectivity index (χ1n) is 7.91. The number of carbonyl (C=O) groups excluding carboxylic acids is 1. The fourth-order valence-electron chi connectivity index (χ4n) is 2.79. The molecule has 1 fully saturated rings. The van der Waals surface area contributed by atoms with E-state index >= 15 is 0 Å². The molecule has 3 rings (SSSR count). The largest absolute Gasteiger partial charge is 0.460 e. The quantitative estimate of drug-likeness (QED) is 0.912. The van der Waals surface area contributed by atoms with Gasteiger partial charge in [0.05, 0.1) is 6.42 Å². The summed E-state index contributed by atoms with van der Waals surface area (Å²) in [6, 6.07) is 6.17. The third-order valence-electron chi connectivity index (χ3n) is 3.94. The van der Waals surface area contributed by atoms with Crippen LogP contribution in [0.2, 0.25) is 0 Å². The Labute approximate surface area is 135 Å². The molecule has 0 aliphatic heterocycles. The highest BCUT2D eigenvalue weighted by Gasteiger charge is 2.24. The average Bonchev–Trinajstić information content (AvgIpc) is 2.58. The molecule has 0 spiro atoms. The third kappa shape index (κ3) is 4.74. The van der Waals surface area contributed by atoms with Gasteiger partial charge in [-0.3, -0.25) is 9.78 Å². The lowest BCUT2D eigenvalue weighted by Gasteiger charge is -2.28. The van der Waals surface area contributed by atoms with Gasteiger partial charge in [-0.25, -0.2) is 9.97 Å². The SMILES string of the molecule is O=C(Cc1cccnc1)NC1CCC(Oc2ncccn2)CC1. The van der Waals surface area contributed by atoms with Gasteiger partial charge < -0.3 is 10.1 Å². The summed E-state index contributed by atoms with van der Waals surface area (Å²) in [6.45, 7) is 0. The molecule has 0 unspecified atom stereocenters. The molecule has 6 nitrogen and oxygen atoms in total. The predicted octanol–water partition coefficient (Wildman–Crippen LogP) is 1.92. The summed E-state index contributed by atoms with van der Waals surface area (Å²) in [5.74, 6) is 0.0498. The second-order valence-electron chi connectivity index (χ2n) is 5.73. The average molecular weight is 312 g/mol. The van der Waals surface area contributed by atoms with Gasteiger partial charge in [-0.2, -0.15) is 0 Å². The smallest absolute Gasteiger partial charge is 0.316 e. The number of amides is 1. The summed E-state index contributed by atoms with van der Waals surface area (Å²) in [5.41, 5.74) is 0.934. The minimum Gasteiger partial charge on any atom is -0.460 e. The Morgan fingerprint density at radius 1 is 1.13 bits per heavy atom. The van der Waals surface area contributed by atoms with Crippen molar-refractivity contribution in [1.29, 1.82) is 0 Å². The van der Waals surface area contributed by atoms with E-state index in [-0.39, 0.29) is 18.1 Å². The molecule has 1 aliphatic carbocycles. The Hall–Kier alpha value is -2.50. The number of hydrogen-bond acceptors (Lipinski definition) is 5. The van der Waals surface area contributed by atoms with Crippen molar-refractivity contribution in [2.24, 2.45) is 0 Å². The minimum absolute atomic E-state index is 0.0498. The molecule has 120 valence electrons. The highest BCUT2D eigenvalue weighted by atomic mass is 16.5. The molecule has 0 bridgehead atoms. The van der Waals surface area contributed by atoms with Crippen molar-refractivity contribution < 1.29 is 9.53 Å². The number of hydrogen-bond donors (Lipinski definition) is 1. The Balaban J connectivity index is 1.41. The topological polar surface area (TPSA) is 77.0 Å². The molecule has 0 aromatic carbocycles. The van der Waals surface area contributed by atoms with E-state index in [0.29, 0.717) is 12.4 Å². The van der Waals surface area contributed by atoms with E-state index in [0.717, 1.165) is 31.2 Å². The van der Waals surface area contributed by atoms with E-state index in [9.17, 15) is 4.79 Å². The van der Waals surface area contributed by atoms with Crippen molar-refractivity contribution in [1.82, 2.24) is 20.3 Å². The molecular formula is C17H20N4O2. The zero-order valence-electron chi connectivity index (χ0n) is 12.9. The highest BCUT2D eigenvalue weighted by Crippen LogP contribution is 2.22. The Morgan fingerprint density at radius 3 is 2.61 bits per heavy atom. The van der Waals surface area contributed by atoms with E-state index in [2.05, 4.69) is 20.3 Å². The molecule has 0 saturated heterocycles. The van der Waals surface area contributed by atoms with Gasteiger partial charge in [0.15, 0.2) is 0 Å². The van der Waals surface area contributed by atoms with Crippen LogP contribution in [0.3, 0.4) is 0 Å². The van der Waals surface area contributed by atoms with Crippen LogP contribution in [-0.2, 0) is 11.2 Å². The van der Waals surface area contributed by atoms with Crippen molar-refractivity contribution in [2.45, 2.75) is 44.2 Å². The van der Waals surface area contributed by atoms with Crippen molar-refractivity contribution >= 4 is 5.91 Å². The van der Waals surface area contributed by atoms with Gasteiger partial charge in [0, 0.05) is 30.8 Å². The van der Waals surface area contributed by atoms with Crippen molar-refractivity contribution in [3.05, 3.63) is 48.5 Å². The molecule has 0 radical (unpaired) electrons. The molecule has 2 aromatic rings. The van der Waals surface area contributed by atoms with Crippen LogP contribution in [0, 0.1) is 0 Å². The van der Waals surface area contributed by atoms with Gasteiger partial charge in [0.25, 0.3) is 0 Å². The molecule has 1 aliphatic rings. The number of nitrogens with zero attached hydrogens (tertiary/aromatic N) is 3. The Kier molecular flexibility index (Phi) is 5.13. The molecule has 2 aromatic heterocycles. The number of nitrogens with one attached hydrogen (secondary N) is 1. The van der Waals surface area contributed by atoms with Crippen LogP contribution in [0.1, 0.15) is 31.2 Å². The summed E-state index contributed by atoms with van der Waals surface area (Å²) in [7, 11) is 0. The molecule has 6 heteroatoms. The normalized spacial score (nSPS) is 20.7. The molecule has 2 heterocycles. The zero-order valence-corrected chi connectivity index (χ0v) is 12.9. The van der Waals surface area contributed by atoms with Crippen molar-refractivity contribution in [3.8, 4) is 6.01 Å². The van der Waals surface area contributed by atoms with E-state index in [1.807, 2.05) is 12.1 Å². The fourth-order valence-corrected chi connectivity index (χ4v) is 2.79. The van der Waals surface area contributed by atoms with Gasteiger partial charge in [-0.1, -0.05) is 6.07 Å². The van der Waals surface area contributed by atoms with Crippen LogP contribution in [-0.4, -0.2) is 33.0 Å². The van der Waals surface area contributed by atoms with Crippen LogP contribution < -0.4 is 10.1 Å². The third-order valence-corrected chi connectivity index (χ3v) is 3.94. The highest BCUT2D eigenvalue weighted by molar-refractivity contribution is 5.78. The zero-order chi connectivity index (χ0) is 15.9. The standard InChI is InChI=1S/C17H20N4O2/c22-16(11-13-3-1-8-18-12-13)21-14-4-6-15(7-5-14)23-17-19-9-2-10-20-17/h1-3,8-10,12,14-15H,4-7,11H2,(H,21,22). The predicted molar refractivity (Wildman–Crippen MR) is 84.8 cm³/mol. The lowest BCUT2D eigenvalue weighted by atomic mass is 9.93. The number of pyridine rings is 1. The maximum atomic E-state index is 12.1. The molecule has 1 saturated carbocycles. The van der Waals surface area contributed by atoms with Crippen molar-refractivity contribution in [2.75, 3.05) is 0 Å². The Morgan fingerprint density at radius 2 is 1.91 bits per heavy atom. The summed E-state index contributed by atoms with van der Waals surface area (Å²) < 4.78 is 5.76. The van der Waals surface area contributed by atoms with Crippen LogP contribution in [0.25, 0.3) is 0 Å². The number of rotatable bonds is 5. The van der Waals surface area contributed by atoms with E-state index < -0.39 is 0 Å². The lowest BCUT2D eigenvalue weighted by molar-refractivity contribution is -0.121. The summed E-state index contributed by atoms with van der Waals surface area (Å²) in [6.07, 6.45) is 10.9. The van der Waals surface area contributed by atoms with Gasteiger partial charge in [-0.05, 0) is 43.4 Å². The number of ether oxygens (including phenoxy) is 1. The summed E-state index contributed by atoms with van der Waals surface area (Å²) in [4.78, 5) is 24.2. The van der Waals surface area contributed by atoms with Crippen LogP contribution in [0.15, 0.2) is 43.0 Å². The first-order chi connectivity index (χ1) is 11.3. The second kappa shape index (κ2) is 7.67. The fraction of sp³-hybridized carbons (Fsp3) is 0.412. The van der Waals surface area contributed by atoms with Crippen molar-refractivity contribution in [3.63, 3.8) is 0 Å². The molecule has 0 atom stereocenters. The van der Waals surface area contributed by atoms with E-state index in [1.54, 1.807) is 30.9 Å². The van der Waals surface area contributed by atoms with Crippen LogP contribution in [0.4, 0.5) is 0 Å². The molecule has 1 N–H and O–H groups in total.